The zero-order valence-electron chi connectivity index (χ0n) is 15.4. The highest BCUT2D eigenvalue weighted by atomic mass is 32.1. The molecule has 0 atom stereocenters. The normalized spacial score (nSPS) is 12.1. The van der Waals surface area contributed by atoms with Gasteiger partial charge in [-0.25, -0.2) is 4.98 Å². The van der Waals surface area contributed by atoms with Crippen LogP contribution < -0.4 is 0 Å². The van der Waals surface area contributed by atoms with Crippen molar-refractivity contribution in [1.29, 1.82) is 0 Å². The van der Waals surface area contributed by atoms with E-state index < -0.39 is 0 Å². The third-order valence-electron chi connectivity index (χ3n) is 5.44. The number of rotatable bonds is 3. The Morgan fingerprint density at radius 1 is 0.897 bits per heavy atom. The number of ketones is 1. The molecule has 5 aromatic rings. The Labute approximate surface area is 171 Å². The number of benzene rings is 3. The van der Waals surface area contributed by atoms with Gasteiger partial charge in [0.2, 0.25) is 0 Å². The van der Waals surface area contributed by atoms with E-state index in [0.29, 0.717) is 16.4 Å². The van der Waals surface area contributed by atoms with Crippen molar-refractivity contribution in [3.8, 4) is 22.4 Å². The number of fused-ring (bicyclic) bond motifs is 4. The molecule has 1 aliphatic carbocycles. The molecule has 6 rings (SSSR count). The molecule has 4 heteroatoms. The summed E-state index contributed by atoms with van der Waals surface area (Å²) >= 11 is 1.36. The number of furan rings is 1. The van der Waals surface area contributed by atoms with E-state index in [-0.39, 0.29) is 5.78 Å². The lowest BCUT2D eigenvalue weighted by Crippen LogP contribution is -1.98. The van der Waals surface area contributed by atoms with Crippen molar-refractivity contribution in [2.45, 2.75) is 6.42 Å². The van der Waals surface area contributed by atoms with Crippen LogP contribution in [0.15, 0.2) is 82.6 Å². The number of carbonyl (C=O) groups is 1. The van der Waals surface area contributed by atoms with Crippen molar-refractivity contribution in [2.75, 3.05) is 0 Å². The summed E-state index contributed by atoms with van der Waals surface area (Å²) in [5, 5.41) is 3.31. The van der Waals surface area contributed by atoms with E-state index in [9.17, 15) is 4.79 Å². The molecule has 0 saturated carbocycles. The van der Waals surface area contributed by atoms with Gasteiger partial charge in [0, 0.05) is 16.3 Å². The number of hydrogen-bond donors (Lipinski definition) is 0. The van der Waals surface area contributed by atoms with E-state index in [1.165, 1.54) is 33.6 Å². The topological polar surface area (TPSA) is 43.1 Å². The summed E-state index contributed by atoms with van der Waals surface area (Å²) in [5.41, 5.74) is 7.85. The summed E-state index contributed by atoms with van der Waals surface area (Å²) in [6.07, 6.45) is 0.939. The number of nitrogens with zero attached hydrogens (tertiary/aromatic N) is 1. The van der Waals surface area contributed by atoms with Gasteiger partial charge in [-0.15, -0.1) is 11.3 Å². The molecular weight excluding hydrogens is 378 g/mol. The second kappa shape index (κ2) is 6.26. The largest absolute Gasteiger partial charge is 0.452 e. The predicted molar refractivity (Wildman–Crippen MR) is 115 cm³/mol. The van der Waals surface area contributed by atoms with Gasteiger partial charge in [-0.2, -0.15) is 0 Å². The average Bonchev–Trinajstić information content (AvgIpc) is 3.48. The molecule has 0 aliphatic heterocycles. The first-order valence-corrected chi connectivity index (χ1v) is 10.3. The lowest BCUT2D eigenvalue weighted by atomic mass is 10.0. The smallest absolute Gasteiger partial charge is 0.256 e. The number of hydrogen-bond acceptors (Lipinski definition) is 4. The van der Waals surface area contributed by atoms with Gasteiger partial charge in [-0.3, -0.25) is 4.79 Å². The third-order valence-corrected chi connectivity index (χ3v) is 6.28. The minimum absolute atomic E-state index is 0.175. The summed E-state index contributed by atoms with van der Waals surface area (Å²) in [6, 6.07) is 24.4. The molecule has 1 aliphatic rings. The fourth-order valence-electron chi connectivity index (χ4n) is 4.01. The zero-order chi connectivity index (χ0) is 19.4. The van der Waals surface area contributed by atoms with Crippen molar-refractivity contribution in [3.05, 3.63) is 100 Å². The zero-order valence-corrected chi connectivity index (χ0v) is 16.2. The van der Waals surface area contributed by atoms with Gasteiger partial charge in [0.25, 0.3) is 5.78 Å². The molecule has 0 bridgehead atoms. The van der Waals surface area contributed by atoms with E-state index in [1.807, 2.05) is 29.6 Å². The number of aromatic nitrogens is 1. The molecule has 0 saturated heterocycles. The van der Waals surface area contributed by atoms with Crippen LogP contribution in [0.4, 0.5) is 0 Å². The molecule has 0 spiro atoms. The molecule has 3 aromatic carbocycles. The van der Waals surface area contributed by atoms with Crippen LogP contribution >= 0.6 is 11.3 Å². The average molecular weight is 393 g/mol. The molecule has 3 nitrogen and oxygen atoms in total. The van der Waals surface area contributed by atoms with Crippen LogP contribution in [-0.2, 0) is 6.42 Å². The van der Waals surface area contributed by atoms with Crippen molar-refractivity contribution in [2.24, 2.45) is 0 Å². The number of para-hydroxylation sites is 1. The number of carbonyl (C=O) groups excluding carboxylic acids is 1. The summed E-state index contributed by atoms with van der Waals surface area (Å²) in [6.45, 7) is 0. The van der Waals surface area contributed by atoms with E-state index >= 15 is 0 Å². The van der Waals surface area contributed by atoms with Gasteiger partial charge in [-0.1, -0.05) is 54.6 Å². The Bertz CT molecular complexity index is 1380. The van der Waals surface area contributed by atoms with E-state index in [2.05, 4.69) is 47.4 Å². The minimum atomic E-state index is -0.175. The van der Waals surface area contributed by atoms with Crippen LogP contribution in [0, 0.1) is 0 Å². The molecule has 0 fully saturated rings. The second-order valence-electron chi connectivity index (χ2n) is 7.22. The van der Waals surface area contributed by atoms with Crippen LogP contribution in [0.3, 0.4) is 0 Å². The van der Waals surface area contributed by atoms with Crippen LogP contribution in [0.25, 0.3) is 33.4 Å². The van der Waals surface area contributed by atoms with E-state index in [0.717, 1.165) is 23.1 Å². The molecular formula is C25H15NO2S. The molecule has 0 unspecified atom stereocenters. The lowest BCUT2D eigenvalue weighted by Gasteiger charge is -2.03. The summed E-state index contributed by atoms with van der Waals surface area (Å²) < 4.78 is 5.71. The van der Waals surface area contributed by atoms with Crippen molar-refractivity contribution in [1.82, 2.24) is 4.98 Å². The molecule has 2 heterocycles. The van der Waals surface area contributed by atoms with Crippen molar-refractivity contribution >= 4 is 28.1 Å². The third kappa shape index (κ3) is 2.64. The van der Waals surface area contributed by atoms with Gasteiger partial charge in [0.15, 0.2) is 10.8 Å². The summed E-state index contributed by atoms with van der Waals surface area (Å²) in [4.78, 5) is 17.5. The first kappa shape index (κ1) is 16.5. The van der Waals surface area contributed by atoms with Crippen LogP contribution in [0.2, 0.25) is 0 Å². The highest BCUT2D eigenvalue weighted by molar-refractivity contribution is 7.12. The molecule has 0 N–H and O–H groups in total. The highest BCUT2D eigenvalue weighted by Crippen LogP contribution is 2.38. The maximum Gasteiger partial charge on any atom is 0.256 e. The fourth-order valence-corrected chi connectivity index (χ4v) is 4.78. The maximum absolute atomic E-state index is 12.9. The predicted octanol–water partition coefficient (Wildman–Crippen LogP) is 6.36. The van der Waals surface area contributed by atoms with Crippen molar-refractivity contribution in [3.63, 3.8) is 0 Å². The number of thiazole rings is 1. The van der Waals surface area contributed by atoms with Gasteiger partial charge in [0.05, 0.1) is 5.69 Å². The summed E-state index contributed by atoms with van der Waals surface area (Å²) in [7, 11) is 0. The molecule has 2 aromatic heterocycles. The minimum Gasteiger partial charge on any atom is -0.452 e. The molecule has 0 amide bonds. The SMILES string of the molecule is O=C(c1cc2ccccc2o1)c1nc(-c2ccc3c(c2)Cc2ccccc2-3)cs1. The van der Waals surface area contributed by atoms with Crippen molar-refractivity contribution < 1.29 is 9.21 Å². The first-order chi connectivity index (χ1) is 14.3. The Morgan fingerprint density at radius 3 is 2.66 bits per heavy atom. The van der Waals surface area contributed by atoms with E-state index in [4.69, 9.17) is 4.42 Å². The molecule has 29 heavy (non-hydrogen) atoms. The van der Waals surface area contributed by atoms with Crippen LogP contribution in [-0.4, -0.2) is 10.8 Å². The Balaban J connectivity index is 1.33. The molecule has 138 valence electrons. The Morgan fingerprint density at radius 2 is 1.72 bits per heavy atom. The van der Waals surface area contributed by atoms with E-state index in [1.54, 1.807) is 6.07 Å². The standard InChI is InChI=1S/C25H15NO2S/c27-24(23-13-17-6-2-4-8-22(17)28-23)25-26-21(14-29-25)16-9-10-20-18(12-16)11-15-5-1-3-7-19(15)20/h1-10,12-14H,11H2. The van der Waals surface area contributed by atoms with Crippen LogP contribution in [0.5, 0.6) is 0 Å². The van der Waals surface area contributed by atoms with Gasteiger partial charge < -0.3 is 4.42 Å². The summed E-state index contributed by atoms with van der Waals surface area (Å²) in [5.74, 6) is 0.155. The van der Waals surface area contributed by atoms with Gasteiger partial charge in [-0.05, 0) is 46.9 Å². The fraction of sp³-hybridized carbons (Fsp3) is 0.0400. The lowest BCUT2D eigenvalue weighted by molar-refractivity contribution is 0.101. The second-order valence-corrected chi connectivity index (χ2v) is 8.08. The first-order valence-electron chi connectivity index (χ1n) is 9.47. The Kier molecular flexibility index (Phi) is 3.55. The van der Waals surface area contributed by atoms with Crippen LogP contribution in [0.1, 0.15) is 26.7 Å². The monoisotopic (exact) mass is 393 g/mol. The quantitative estimate of drug-likeness (QED) is 0.329. The highest BCUT2D eigenvalue weighted by Gasteiger charge is 2.21. The Hall–Kier alpha value is -3.50. The van der Waals surface area contributed by atoms with Gasteiger partial charge in [0.1, 0.15) is 5.58 Å². The van der Waals surface area contributed by atoms with Gasteiger partial charge >= 0.3 is 0 Å². The molecule has 0 radical (unpaired) electrons. The maximum atomic E-state index is 12.9.